The van der Waals surface area contributed by atoms with Gasteiger partial charge in [-0.15, -0.1) is 0 Å². The third kappa shape index (κ3) is 6.52. The van der Waals surface area contributed by atoms with Crippen molar-refractivity contribution in [3.05, 3.63) is 34.9 Å². The molecular formula is C12H15ClF3NS. The SMILES string of the molecule is NCC(CCSC(F)(F)F)Cc1ccc(Cl)cc1. The van der Waals surface area contributed by atoms with Crippen LogP contribution in [0.5, 0.6) is 0 Å². The van der Waals surface area contributed by atoms with Gasteiger partial charge in [-0.05, 0) is 43.0 Å². The standard InChI is InChI=1S/C12H15ClF3NS/c13-11-3-1-9(2-4-11)7-10(8-17)5-6-18-12(14,15)16/h1-4,10H,5-8,17H2. The zero-order valence-electron chi connectivity index (χ0n) is 9.71. The van der Waals surface area contributed by atoms with E-state index in [4.69, 9.17) is 17.3 Å². The molecule has 18 heavy (non-hydrogen) atoms. The van der Waals surface area contributed by atoms with Crippen LogP contribution in [0.4, 0.5) is 13.2 Å². The first-order valence-corrected chi connectivity index (χ1v) is 6.92. The highest BCUT2D eigenvalue weighted by atomic mass is 35.5. The predicted octanol–water partition coefficient (Wildman–Crippen LogP) is 4.10. The summed E-state index contributed by atoms with van der Waals surface area (Å²) in [5, 5.41) is 0.649. The molecule has 0 heterocycles. The van der Waals surface area contributed by atoms with Crippen molar-refractivity contribution in [2.24, 2.45) is 11.7 Å². The van der Waals surface area contributed by atoms with E-state index in [1.165, 1.54) is 0 Å². The van der Waals surface area contributed by atoms with Crippen molar-refractivity contribution in [1.29, 1.82) is 0 Å². The number of hydrogen-bond acceptors (Lipinski definition) is 2. The topological polar surface area (TPSA) is 26.0 Å². The van der Waals surface area contributed by atoms with Gasteiger partial charge in [0.05, 0.1) is 0 Å². The first kappa shape index (κ1) is 15.7. The van der Waals surface area contributed by atoms with Crippen LogP contribution in [0.15, 0.2) is 24.3 Å². The van der Waals surface area contributed by atoms with E-state index in [9.17, 15) is 13.2 Å². The molecule has 0 fully saturated rings. The van der Waals surface area contributed by atoms with E-state index in [2.05, 4.69) is 0 Å². The molecule has 0 aromatic heterocycles. The molecule has 0 radical (unpaired) electrons. The Hall–Kier alpha value is -0.390. The van der Waals surface area contributed by atoms with Gasteiger partial charge < -0.3 is 5.73 Å². The second-order valence-corrected chi connectivity index (χ2v) is 5.61. The van der Waals surface area contributed by atoms with Gasteiger partial charge in [0.1, 0.15) is 0 Å². The lowest BCUT2D eigenvalue weighted by Crippen LogP contribution is -2.18. The van der Waals surface area contributed by atoms with E-state index in [-0.39, 0.29) is 23.4 Å². The summed E-state index contributed by atoms with van der Waals surface area (Å²) in [6.45, 7) is 0.390. The molecule has 1 atom stereocenters. The van der Waals surface area contributed by atoms with Gasteiger partial charge in [0, 0.05) is 10.8 Å². The fraction of sp³-hybridized carbons (Fsp3) is 0.500. The molecule has 0 saturated heterocycles. The zero-order chi connectivity index (χ0) is 13.6. The van der Waals surface area contributed by atoms with Crippen molar-refractivity contribution in [3.63, 3.8) is 0 Å². The maximum absolute atomic E-state index is 12.0. The molecular weight excluding hydrogens is 283 g/mol. The van der Waals surface area contributed by atoms with Crippen LogP contribution in [0, 0.1) is 5.92 Å². The molecule has 1 nitrogen and oxygen atoms in total. The molecule has 1 unspecified atom stereocenters. The van der Waals surface area contributed by atoms with Gasteiger partial charge in [0.15, 0.2) is 0 Å². The Morgan fingerprint density at radius 2 is 1.83 bits per heavy atom. The average molecular weight is 298 g/mol. The normalized spacial score (nSPS) is 13.6. The minimum atomic E-state index is -4.15. The third-order valence-corrected chi connectivity index (χ3v) is 3.58. The van der Waals surface area contributed by atoms with Crippen LogP contribution in [-0.2, 0) is 6.42 Å². The van der Waals surface area contributed by atoms with E-state index < -0.39 is 5.51 Å². The van der Waals surface area contributed by atoms with Gasteiger partial charge in [0.25, 0.3) is 0 Å². The van der Waals surface area contributed by atoms with Crippen LogP contribution in [0.3, 0.4) is 0 Å². The van der Waals surface area contributed by atoms with Gasteiger partial charge >= 0.3 is 5.51 Å². The van der Waals surface area contributed by atoms with E-state index in [0.29, 0.717) is 24.4 Å². The van der Waals surface area contributed by atoms with Gasteiger partial charge in [-0.25, -0.2) is 0 Å². The second-order valence-electron chi connectivity index (χ2n) is 4.02. The van der Waals surface area contributed by atoms with Crippen molar-refractivity contribution in [1.82, 2.24) is 0 Å². The number of benzene rings is 1. The Bertz CT molecular complexity index is 353. The second kappa shape index (κ2) is 7.26. The minimum absolute atomic E-state index is 0.0136. The molecule has 102 valence electrons. The number of alkyl halides is 3. The lowest BCUT2D eigenvalue weighted by Gasteiger charge is -2.15. The molecule has 0 aliphatic carbocycles. The molecule has 1 aromatic carbocycles. The molecule has 2 N–H and O–H groups in total. The predicted molar refractivity (Wildman–Crippen MR) is 70.8 cm³/mol. The molecule has 0 aliphatic heterocycles. The molecule has 1 rings (SSSR count). The molecule has 6 heteroatoms. The molecule has 0 aliphatic rings. The summed E-state index contributed by atoms with van der Waals surface area (Å²) in [5.41, 5.74) is 2.48. The highest BCUT2D eigenvalue weighted by Crippen LogP contribution is 2.31. The summed E-state index contributed by atoms with van der Waals surface area (Å²) in [6.07, 6.45) is 1.15. The average Bonchev–Trinajstić information content (AvgIpc) is 2.29. The monoisotopic (exact) mass is 297 g/mol. The van der Waals surface area contributed by atoms with Gasteiger partial charge in [-0.3, -0.25) is 0 Å². The summed E-state index contributed by atoms with van der Waals surface area (Å²) in [4.78, 5) is 0. The van der Waals surface area contributed by atoms with Gasteiger partial charge in [-0.2, -0.15) is 13.2 Å². The Labute approximate surface area is 114 Å². The van der Waals surface area contributed by atoms with Crippen LogP contribution >= 0.6 is 23.4 Å². The van der Waals surface area contributed by atoms with Crippen LogP contribution in [0.2, 0.25) is 5.02 Å². The van der Waals surface area contributed by atoms with E-state index in [1.807, 2.05) is 12.1 Å². The Balaban J connectivity index is 2.40. The first-order chi connectivity index (χ1) is 8.40. The van der Waals surface area contributed by atoms with Crippen LogP contribution in [0.1, 0.15) is 12.0 Å². The molecule has 0 bridgehead atoms. The van der Waals surface area contributed by atoms with E-state index >= 15 is 0 Å². The number of thioether (sulfide) groups is 1. The first-order valence-electron chi connectivity index (χ1n) is 5.56. The van der Waals surface area contributed by atoms with Crippen molar-refractivity contribution < 1.29 is 13.2 Å². The minimum Gasteiger partial charge on any atom is -0.330 e. The van der Waals surface area contributed by atoms with Gasteiger partial charge in [-0.1, -0.05) is 35.5 Å². The molecule has 1 aromatic rings. The zero-order valence-corrected chi connectivity index (χ0v) is 11.3. The summed E-state index contributed by atoms with van der Waals surface area (Å²) >= 11 is 5.78. The Morgan fingerprint density at radius 3 is 2.33 bits per heavy atom. The van der Waals surface area contributed by atoms with Crippen LogP contribution in [0.25, 0.3) is 0 Å². The Kier molecular flexibility index (Phi) is 6.32. The van der Waals surface area contributed by atoms with Crippen LogP contribution in [-0.4, -0.2) is 17.8 Å². The summed E-state index contributed by atoms with van der Waals surface area (Å²) in [5.74, 6) is 0.125. The smallest absolute Gasteiger partial charge is 0.330 e. The quantitative estimate of drug-likeness (QED) is 0.855. The highest BCUT2D eigenvalue weighted by Gasteiger charge is 2.27. The summed E-state index contributed by atoms with van der Waals surface area (Å²) in [6, 6.07) is 7.30. The summed E-state index contributed by atoms with van der Waals surface area (Å²) < 4.78 is 36.0. The number of rotatable bonds is 6. The summed E-state index contributed by atoms with van der Waals surface area (Å²) in [7, 11) is 0. The molecule has 0 saturated carbocycles. The maximum atomic E-state index is 12.0. The largest absolute Gasteiger partial charge is 0.441 e. The molecule has 0 amide bonds. The van der Waals surface area contributed by atoms with Crippen molar-refractivity contribution in [2.45, 2.75) is 18.3 Å². The Morgan fingerprint density at radius 1 is 1.22 bits per heavy atom. The van der Waals surface area contributed by atoms with E-state index in [0.717, 1.165) is 5.56 Å². The third-order valence-electron chi connectivity index (χ3n) is 2.56. The highest BCUT2D eigenvalue weighted by molar-refractivity contribution is 8.00. The van der Waals surface area contributed by atoms with Crippen molar-refractivity contribution in [2.75, 3.05) is 12.3 Å². The van der Waals surface area contributed by atoms with Crippen LogP contribution < -0.4 is 5.73 Å². The fourth-order valence-electron chi connectivity index (χ4n) is 1.60. The number of nitrogens with two attached hydrogens (primary N) is 1. The van der Waals surface area contributed by atoms with Crippen molar-refractivity contribution >= 4 is 23.4 Å². The number of halogens is 4. The fourth-order valence-corrected chi connectivity index (χ4v) is 2.41. The van der Waals surface area contributed by atoms with Crippen molar-refractivity contribution in [3.8, 4) is 0 Å². The van der Waals surface area contributed by atoms with Gasteiger partial charge in [0.2, 0.25) is 0 Å². The lowest BCUT2D eigenvalue weighted by atomic mass is 9.97. The lowest BCUT2D eigenvalue weighted by molar-refractivity contribution is -0.0328. The van der Waals surface area contributed by atoms with E-state index in [1.54, 1.807) is 12.1 Å². The maximum Gasteiger partial charge on any atom is 0.441 e. The number of hydrogen-bond donors (Lipinski definition) is 1. The molecule has 0 spiro atoms.